The molecule has 0 aliphatic carbocycles. The number of thiophene rings is 1. The largest absolute Gasteiger partial charge is 0.256 e. The Balaban J connectivity index is 1.52. The second kappa shape index (κ2) is 8.55. The van der Waals surface area contributed by atoms with Crippen LogP contribution in [0.25, 0.3) is 53.7 Å². The van der Waals surface area contributed by atoms with Crippen LogP contribution in [-0.2, 0) is 0 Å². The van der Waals surface area contributed by atoms with Crippen LogP contribution in [0.2, 0.25) is 0 Å². The summed E-state index contributed by atoms with van der Waals surface area (Å²) in [4.78, 5) is 4.68. The quantitative estimate of drug-likeness (QED) is 0.257. The summed E-state index contributed by atoms with van der Waals surface area (Å²) in [5.41, 5.74) is 7.84. The maximum Gasteiger partial charge on any atom is 0.0708 e. The average molecular weight is 457 g/mol. The van der Waals surface area contributed by atoms with Crippen molar-refractivity contribution in [3.05, 3.63) is 115 Å². The van der Waals surface area contributed by atoms with Gasteiger partial charge in [-0.05, 0) is 64.0 Å². The monoisotopic (exact) mass is 456 g/mol. The van der Waals surface area contributed by atoms with Crippen molar-refractivity contribution in [1.29, 1.82) is 0 Å². The van der Waals surface area contributed by atoms with E-state index in [-0.39, 0.29) is 0 Å². The molecule has 2 heteroatoms. The molecule has 6 aromatic rings. The van der Waals surface area contributed by atoms with Gasteiger partial charge in [0.15, 0.2) is 0 Å². The molecule has 164 valence electrons. The fourth-order valence-corrected chi connectivity index (χ4v) is 5.95. The van der Waals surface area contributed by atoms with E-state index >= 15 is 0 Å². The first-order chi connectivity index (χ1) is 17.0. The molecular weight excluding hydrogens is 430 g/mol. The summed E-state index contributed by atoms with van der Waals surface area (Å²) < 4.78 is 11.3. The number of nitrogens with zero attached hydrogens (tertiary/aromatic N) is 1. The zero-order chi connectivity index (χ0) is 24.0. The summed E-state index contributed by atoms with van der Waals surface area (Å²) in [6, 6.07) is 36.2. The smallest absolute Gasteiger partial charge is 0.0708 e. The summed E-state index contributed by atoms with van der Waals surface area (Å²) in [6.07, 6.45) is 1.89. The lowest BCUT2D eigenvalue weighted by Gasteiger charge is -2.11. The minimum atomic E-state index is -0.696. The van der Waals surface area contributed by atoms with E-state index in [0.29, 0.717) is 0 Å². The van der Waals surface area contributed by atoms with Gasteiger partial charge < -0.3 is 0 Å². The lowest BCUT2D eigenvalue weighted by molar-refractivity contribution is 0.878. The van der Waals surface area contributed by atoms with Crippen molar-refractivity contribution in [2.45, 2.75) is 19.7 Å². The van der Waals surface area contributed by atoms with Crippen molar-refractivity contribution < 1.29 is 1.37 Å². The molecule has 0 saturated heterocycles. The third-order valence-corrected chi connectivity index (χ3v) is 7.58. The maximum atomic E-state index is 8.87. The molecule has 0 aliphatic heterocycles. The van der Waals surface area contributed by atoms with Crippen LogP contribution in [0.1, 0.15) is 26.7 Å². The molecule has 0 radical (unpaired) electrons. The average Bonchev–Trinajstić information content (AvgIpc) is 3.26. The molecule has 0 saturated carbocycles. The Hall–Kier alpha value is -3.75. The molecule has 0 fully saturated rings. The number of pyridine rings is 1. The van der Waals surface area contributed by atoms with Crippen LogP contribution in [0.15, 0.2) is 109 Å². The van der Waals surface area contributed by atoms with Gasteiger partial charge >= 0.3 is 0 Å². The molecule has 0 atom stereocenters. The van der Waals surface area contributed by atoms with Crippen LogP contribution in [0, 0.1) is 0 Å². The van der Waals surface area contributed by atoms with Crippen molar-refractivity contribution in [2.75, 3.05) is 0 Å². The lowest BCUT2D eigenvalue weighted by Crippen LogP contribution is -1.89. The van der Waals surface area contributed by atoms with Gasteiger partial charge in [-0.25, -0.2) is 0 Å². The Morgan fingerprint density at radius 3 is 2.06 bits per heavy atom. The maximum absolute atomic E-state index is 8.87. The third kappa shape index (κ3) is 3.70. The normalized spacial score (nSPS) is 12.2. The highest BCUT2D eigenvalue weighted by molar-refractivity contribution is 7.26. The summed E-state index contributed by atoms with van der Waals surface area (Å²) in [6.45, 7) is 3.96. The number of aromatic nitrogens is 1. The number of fused-ring (bicyclic) bond motifs is 3. The molecule has 0 unspecified atom stereocenters. The van der Waals surface area contributed by atoms with E-state index in [9.17, 15) is 0 Å². The van der Waals surface area contributed by atoms with E-state index in [0.717, 1.165) is 27.9 Å². The highest BCUT2D eigenvalue weighted by Gasteiger charge is 2.15. The Bertz CT molecular complexity index is 1660. The van der Waals surface area contributed by atoms with Gasteiger partial charge in [-0.2, -0.15) is 0 Å². The molecule has 0 aliphatic rings. The van der Waals surface area contributed by atoms with Gasteiger partial charge in [0.2, 0.25) is 0 Å². The first kappa shape index (κ1) is 19.7. The molecule has 34 heavy (non-hydrogen) atoms. The van der Waals surface area contributed by atoms with E-state index < -0.39 is 5.89 Å². The molecule has 0 bridgehead atoms. The Morgan fingerprint density at radius 2 is 1.35 bits per heavy atom. The second-order valence-corrected chi connectivity index (χ2v) is 9.93. The molecular formula is C32H25NS. The van der Waals surface area contributed by atoms with Gasteiger partial charge in [0, 0.05) is 33.3 Å². The van der Waals surface area contributed by atoms with Crippen molar-refractivity contribution in [2.24, 2.45) is 0 Å². The lowest BCUT2D eigenvalue weighted by atomic mass is 9.94. The first-order valence-corrected chi connectivity index (χ1v) is 12.4. The SMILES string of the molecule is [2H]C(C)(C)c1cc(-c2ccccc2)cc2c1sc1cc(-c3cc(-c4ccccc4)ccn3)ccc12. The number of benzene rings is 4. The fraction of sp³-hybridized carbons (Fsp3) is 0.0938. The van der Waals surface area contributed by atoms with Crippen LogP contribution in [0.4, 0.5) is 0 Å². The molecule has 0 N–H and O–H groups in total. The predicted molar refractivity (Wildman–Crippen MR) is 148 cm³/mol. The minimum absolute atomic E-state index is 0.696. The van der Waals surface area contributed by atoms with E-state index in [1.807, 2.05) is 32.2 Å². The van der Waals surface area contributed by atoms with Gasteiger partial charge in [0.05, 0.1) is 5.69 Å². The Morgan fingerprint density at radius 1 is 0.647 bits per heavy atom. The zero-order valence-electron chi connectivity index (χ0n) is 20.2. The molecule has 4 aromatic carbocycles. The topological polar surface area (TPSA) is 12.9 Å². The van der Waals surface area contributed by atoms with Crippen LogP contribution in [0.3, 0.4) is 0 Å². The molecule has 2 aromatic heterocycles. The number of rotatable bonds is 4. The standard InChI is InChI=1S/C32H25NS/c1-21(2)28-17-26(23-11-7-4-8-12-23)18-29-27-14-13-25(20-31(27)34-32(28)29)30-19-24(15-16-33-30)22-9-5-3-6-10-22/h3-21H,1-2H3/i21D. The third-order valence-electron chi connectivity index (χ3n) is 6.38. The number of hydrogen-bond donors (Lipinski definition) is 0. The van der Waals surface area contributed by atoms with Crippen molar-refractivity contribution in [3.63, 3.8) is 0 Å². The van der Waals surface area contributed by atoms with Gasteiger partial charge in [0.1, 0.15) is 0 Å². The summed E-state index contributed by atoms with van der Waals surface area (Å²) in [5.74, 6) is -0.696. The predicted octanol–water partition coefficient (Wildman–Crippen LogP) is 9.57. The van der Waals surface area contributed by atoms with E-state index in [1.165, 1.54) is 31.3 Å². The van der Waals surface area contributed by atoms with Crippen LogP contribution in [0.5, 0.6) is 0 Å². The summed E-state index contributed by atoms with van der Waals surface area (Å²) in [5, 5.41) is 2.45. The van der Waals surface area contributed by atoms with Crippen LogP contribution < -0.4 is 0 Å². The molecule has 0 spiro atoms. The molecule has 2 heterocycles. The molecule has 0 amide bonds. The minimum Gasteiger partial charge on any atom is -0.256 e. The van der Waals surface area contributed by atoms with Crippen LogP contribution >= 0.6 is 11.3 Å². The van der Waals surface area contributed by atoms with Crippen molar-refractivity contribution in [1.82, 2.24) is 4.98 Å². The zero-order valence-corrected chi connectivity index (χ0v) is 20.1. The van der Waals surface area contributed by atoms with Gasteiger partial charge in [-0.15, -0.1) is 11.3 Å². The van der Waals surface area contributed by atoms with Crippen molar-refractivity contribution in [3.8, 4) is 33.5 Å². The fourth-order valence-electron chi connectivity index (χ4n) is 4.60. The van der Waals surface area contributed by atoms with Gasteiger partial charge in [-0.1, -0.05) is 86.6 Å². The van der Waals surface area contributed by atoms with Gasteiger partial charge in [-0.3, -0.25) is 4.98 Å². The highest BCUT2D eigenvalue weighted by Crippen LogP contribution is 2.42. The number of hydrogen-bond acceptors (Lipinski definition) is 2. The highest BCUT2D eigenvalue weighted by atomic mass is 32.1. The van der Waals surface area contributed by atoms with E-state index in [1.54, 1.807) is 11.3 Å². The van der Waals surface area contributed by atoms with E-state index in [2.05, 4.69) is 96.0 Å². The first-order valence-electron chi connectivity index (χ1n) is 12.1. The van der Waals surface area contributed by atoms with E-state index in [4.69, 9.17) is 1.37 Å². The summed E-state index contributed by atoms with van der Waals surface area (Å²) in [7, 11) is 0. The Labute approximate surface area is 205 Å². The van der Waals surface area contributed by atoms with Gasteiger partial charge in [0.25, 0.3) is 0 Å². The summed E-state index contributed by atoms with van der Waals surface area (Å²) >= 11 is 1.78. The van der Waals surface area contributed by atoms with Crippen molar-refractivity contribution >= 4 is 31.5 Å². The second-order valence-electron chi connectivity index (χ2n) is 8.88. The Kier molecular flexibility index (Phi) is 4.95. The van der Waals surface area contributed by atoms with Crippen LogP contribution in [-0.4, -0.2) is 4.98 Å². The molecule has 6 rings (SSSR count). The molecule has 1 nitrogen and oxygen atoms in total.